The number of rotatable bonds is 5. The number of carbonyl (C=O) groups is 1. The van der Waals surface area contributed by atoms with Crippen LogP contribution in [0.15, 0.2) is 0 Å². The van der Waals surface area contributed by atoms with Crippen LogP contribution in [-0.4, -0.2) is 43.7 Å². The molecule has 0 bridgehead atoms. The van der Waals surface area contributed by atoms with E-state index >= 15 is 0 Å². The third-order valence-electron chi connectivity index (χ3n) is 3.28. The van der Waals surface area contributed by atoms with Crippen molar-refractivity contribution < 1.29 is 9.53 Å². The Hall–Kier alpha value is -0.320. The molecule has 4 nitrogen and oxygen atoms in total. The molecule has 1 amide bonds. The summed E-state index contributed by atoms with van der Waals surface area (Å²) < 4.78 is 5.17. The molecule has 2 atom stereocenters. The van der Waals surface area contributed by atoms with Crippen LogP contribution in [0.4, 0.5) is 0 Å². The summed E-state index contributed by atoms with van der Waals surface area (Å²) in [7, 11) is 1.71. The van der Waals surface area contributed by atoms with Gasteiger partial charge in [-0.15, -0.1) is 12.4 Å². The van der Waals surface area contributed by atoms with E-state index in [-0.39, 0.29) is 24.4 Å². The highest BCUT2D eigenvalue weighted by atomic mass is 35.5. The summed E-state index contributed by atoms with van der Waals surface area (Å²) >= 11 is 0. The minimum atomic E-state index is -0.337. The highest BCUT2D eigenvalue weighted by Crippen LogP contribution is 2.18. The Balaban J connectivity index is 0.00000289. The molecule has 0 aromatic heterocycles. The van der Waals surface area contributed by atoms with Gasteiger partial charge in [-0.1, -0.05) is 13.8 Å². The molecule has 0 radical (unpaired) electrons. The first-order chi connectivity index (χ1) is 8.04. The molecule has 0 aliphatic carbocycles. The second-order valence-electron chi connectivity index (χ2n) is 5.48. The lowest BCUT2D eigenvalue weighted by atomic mass is 9.97. The van der Waals surface area contributed by atoms with Gasteiger partial charge in [0.15, 0.2) is 0 Å². The summed E-state index contributed by atoms with van der Waals surface area (Å²) in [5, 5.41) is 0. The molecule has 1 aliphatic rings. The number of nitrogens with zero attached hydrogens (tertiary/aromatic N) is 1. The SMILES string of the molecule is COCC1CCCN(C(=O)[C@@H](N)CC(C)C)C1.Cl. The van der Waals surface area contributed by atoms with Crippen molar-refractivity contribution in [1.29, 1.82) is 0 Å². The van der Waals surface area contributed by atoms with Crippen molar-refractivity contribution in [2.45, 2.75) is 39.2 Å². The van der Waals surface area contributed by atoms with Crippen LogP contribution in [0.3, 0.4) is 0 Å². The van der Waals surface area contributed by atoms with Crippen molar-refractivity contribution in [3.8, 4) is 0 Å². The van der Waals surface area contributed by atoms with E-state index in [0.717, 1.165) is 39.0 Å². The zero-order valence-corrected chi connectivity index (χ0v) is 12.5. The van der Waals surface area contributed by atoms with Gasteiger partial charge >= 0.3 is 0 Å². The summed E-state index contributed by atoms with van der Waals surface area (Å²) in [4.78, 5) is 14.1. The smallest absolute Gasteiger partial charge is 0.239 e. The molecular formula is C13H27ClN2O2. The van der Waals surface area contributed by atoms with Crippen LogP contribution in [0.2, 0.25) is 0 Å². The predicted molar refractivity (Wildman–Crippen MR) is 75.9 cm³/mol. The van der Waals surface area contributed by atoms with Gasteiger partial charge in [-0.05, 0) is 31.1 Å². The fourth-order valence-corrected chi connectivity index (χ4v) is 2.48. The minimum absolute atomic E-state index is 0. The average Bonchev–Trinajstić information content (AvgIpc) is 2.28. The standard InChI is InChI=1S/C13H26N2O2.ClH/c1-10(2)7-12(14)13(16)15-6-4-5-11(8-15)9-17-3;/h10-12H,4-9,14H2,1-3H3;1H/t11?,12-;/m0./s1. The van der Waals surface area contributed by atoms with E-state index in [2.05, 4.69) is 13.8 Å². The number of hydrogen-bond donors (Lipinski definition) is 1. The van der Waals surface area contributed by atoms with Crippen molar-refractivity contribution in [3.63, 3.8) is 0 Å². The molecule has 1 rings (SSSR count). The molecule has 0 aromatic rings. The molecular weight excluding hydrogens is 252 g/mol. The fourth-order valence-electron chi connectivity index (χ4n) is 2.48. The Kier molecular flexibility index (Phi) is 8.57. The van der Waals surface area contributed by atoms with Crippen molar-refractivity contribution in [3.05, 3.63) is 0 Å². The maximum Gasteiger partial charge on any atom is 0.239 e. The number of methoxy groups -OCH3 is 1. The van der Waals surface area contributed by atoms with E-state index in [1.54, 1.807) is 7.11 Å². The summed E-state index contributed by atoms with van der Waals surface area (Å²) in [6, 6.07) is -0.337. The number of hydrogen-bond acceptors (Lipinski definition) is 3. The normalized spacial score (nSPS) is 21.6. The summed E-state index contributed by atoms with van der Waals surface area (Å²) in [5.74, 6) is 1.05. The third-order valence-corrected chi connectivity index (χ3v) is 3.28. The Bertz CT molecular complexity index is 247. The summed E-state index contributed by atoms with van der Waals surface area (Å²) in [6.07, 6.45) is 2.98. The molecule has 1 fully saturated rings. The number of likely N-dealkylation sites (tertiary alicyclic amines) is 1. The minimum Gasteiger partial charge on any atom is -0.384 e. The van der Waals surface area contributed by atoms with E-state index in [1.807, 2.05) is 4.90 Å². The molecule has 0 saturated carbocycles. The van der Waals surface area contributed by atoms with Gasteiger partial charge < -0.3 is 15.4 Å². The van der Waals surface area contributed by atoms with Gasteiger partial charge in [-0.2, -0.15) is 0 Å². The maximum atomic E-state index is 12.1. The second-order valence-corrected chi connectivity index (χ2v) is 5.48. The first-order valence-electron chi connectivity index (χ1n) is 6.58. The molecule has 2 N–H and O–H groups in total. The van der Waals surface area contributed by atoms with Gasteiger partial charge in [-0.25, -0.2) is 0 Å². The van der Waals surface area contributed by atoms with Crippen LogP contribution in [0.1, 0.15) is 33.1 Å². The van der Waals surface area contributed by atoms with E-state index in [1.165, 1.54) is 0 Å². The van der Waals surface area contributed by atoms with E-state index in [9.17, 15) is 4.79 Å². The number of halogens is 1. The van der Waals surface area contributed by atoms with Crippen LogP contribution in [0.5, 0.6) is 0 Å². The maximum absolute atomic E-state index is 12.1. The Morgan fingerprint density at radius 3 is 2.72 bits per heavy atom. The van der Waals surface area contributed by atoms with Crippen molar-refractivity contribution in [1.82, 2.24) is 4.90 Å². The lowest BCUT2D eigenvalue weighted by Gasteiger charge is -2.34. The summed E-state index contributed by atoms with van der Waals surface area (Å²) in [6.45, 7) is 6.58. The molecule has 0 spiro atoms. The van der Waals surface area contributed by atoms with E-state index < -0.39 is 0 Å². The number of nitrogens with two attached hydrogens (primary N) is 1. The number of ether oxygens (including phenoxy) is 1. The van der Waals surface area contributed by atoms with Gasteiger partial charge in [0.1, 0.15) is 0 Å². The van der Waals surface area contributed by atoms with Crippen LogP contribution >= 0.6 is 12.4 Å². The van der Waals surface area contributed by atoms with E-state index in [0.29, 0.717) is 11.8 Å². The van der Waals surface area contributed by atoms with E-state index in [4.69, 9.17) is 10.5 Å². The molecule has 0 aromatic carbocycles. The molecule has 108 valence electrons. The van der Waals surface area contributed by atoms with Crippen molar-refractivity contribution in [2.75, 3.05) is 26.8 Å². The van der Waals surface area contributed by atoms with Gasteiger partial charge in [0.05, 0.1) is 12.6 Å². The molecule has 1 saturated heterocycles. The third kappa shape index (κ3) is 5.55. The number of piperidine rings is 1. The van der Waals surface area contributed by atoms with Gasteiger partial charge in [0, 0.05) is 20.2 Å². The fraction of sp³-hybridized carbons (Fsp3) is 0.923. The zero-order valence-electron chi connectivity index (χ0n) is 11.7. The predicted octanol–water partition coefficient (Wildman–Crippen LogP) is 1.67. The largest absolute Gasteiger partial charge is 0.384 e. The Morgan fingerprint density at radius 2 is 2.17 bits per heavy atom. The van der Waals surface area contributed by atoms with Crippen LogP contribution in [0, 0.1) is 11.8 Å². The Morgan fingerprint density at radius 1 is 1.50 bits per heavy atom. The molecule has 1 aliphatic heterocycles. The zero-order chi connectivity index (χ0) is 12.8. The summed E-state index contributed by atoms with van der Waals surface area (Å²) in [5.41, 5.74) is 5.95. The highest BCUT2D eigenvalue weighted by Gasteiger charge is 2.27. The second kappa shape index (κ2) is 8.73. The lowest BCUT2D eigenvalue weighted by Crippen LogP contribution is -2.49. The Labute approximate surface area is 117 Å². The van der Waals surface area contributed by atoms with Gasteiger partial charge in [0.2, 0.25) is 5.91 Å². The van der Waals surface area contributed by atoms with Crippen molar-refractivity contribution >= 4 is 18.3 Å². The molecule has 1 unspecified atom stereocenters. The quantitative estimate of drug-likeness (QED) is 0.832. The van der Waals surface area contributed by atoms with Crippen LogP contribution in [0.25, 0.3) is 0 Å². The highest BCUT2D eigenvalue weighted by molar-refractivity contribution is 5.85. The first kappa shape index (κ1) is 17.7. The topological polar surface area (TPSA) is 55.6 Å². The first-order valence-corrected chi connectivity index (χ1v) is 6.58. The van der Waals surface area contributed by atoms with Gasteiger partial charge in [0.25, 0.3) is 0 Å². The monoisotopic (exact) mass is 278 g/mol. The van der Waals surface area contributed by atoms with Crippen molar-refractivity contribution in [2.24, 2.45) is 17.6 Å². The molecule has 1 heterocycles. The lowest BCUT2D eigenvalue weighted by molar-refractivity contribution is -0.135. The molecule has 18 heavy (non-hydrogen) atoms. The van der Waals surface area contributed by atoms with Crippen LogP contribution in [-0.2, 0) is 9.53 Å². The number of carbonyl (C=O) groups excluding carboxylic acids is 1. The number of amides is 1. The van der Waals surface area contributed by atoms with Gasteiger partial charge in [-0.3, -0.25) is 4.79 Å². The average molecular weight is 279 g/mol. The molecule has 5 heteroatoms. The van der Waals surface area contributed by atoms with Crippen LogP contribution < -0.4 is 5.73 Å².